The minimum atomic E-state index is -0.351. The summed E-state index contributed by atoms with van der Waals surface area (Å²) in [4.78, 5) is 11.5. The van der Waals surface area contributed by atoms with E-state index in [9.17, 15) is 4.79 Å². The van der Waals surface area contributed by atoms with Crippen molar-refractivity contribution in [3.05, 3.63) is 54.1 Å². The third-order valence-corrected chi connectivity index (χ3v) is 2.63. The summed E-state index contributed by atoms with van der Waals surface area (Å²) >= 11 is 0. The lowest BCUT2D eigenvalue weighted by molar-refractivity contribution is -0.136. The summed E-state index contributed by atoms with van der Waals surface area (Å²) in [5.74, 6) is -0.351. The van der Waals surface area contributed by atoms with E-state index in [2.05, 4.69) is 33.4 Å². The van der Waals surface area contributed by atoms with Gasteiger partial charge >= 0.3 is 5.97 Å². The van der Waals surface area contributed by atoms with Crippen molar-refractivity contribution in [2.24, 2.45) is 5.41 Å². The highest BCUT2D eigenvalue weighted by atomic mass is 16.5. The van der Waals surface area contributed by atoms with Gasteiger partial charge < -0.3 is 4.74 Å². The van der Waals surface area contributed by atoms with Crippen LogP contribution in [0.4, 0.5) is 0 Å². The standard InChI is InChI=1S/C17H22O2/c1-13(16(18)19-5)11-15(12-17(2,3)4)14-9-7-6-8-10-14/h6-10,12H,1,11H2,2-5H3/b15-12+. The topological polar surface area (TPSA) is 26.3 Å². The number of hydrogen-bond donors (Lipinski definition) is 0. The molecule has 0 N–H and O–H groups in total. The Balaban J connectivity index is 3.05. The Labute approximate surface area is 115 Å². The Morgan fingerprint density at radius 1 is 1.26 bits per heavy atom. The van der Waals surface area contributed by atoms with Crippen LogP contribution in [-0.2, 0) is 9.53 Å². The van der Waals surface area contributed by atoms with Crippen LogP contribution in [0.15, 0.2) is 48.6 Å². The van der Waals surface area contributed by atoms with Gasteiger partial charge in [0.05, 0.1) is 7.11 Å². The highest BCUT2D eigenvalue weighted by Gasteiger charge is 2.14. The van der Waals surface area contributed by atoms with Crippen LogP contribution in [0, 0.1) is 5.41 Å². The SMILES string of the molecule is C=C(C/C(=C\C(C)(C)C)c1ccccc1)C(=O)OC. The molecule has 0 heterocycles. The molecule has 0 fully saturated rings. The molecular weight excluding hydrogens is 236 g/mol. The molecule has 0 amide bonds. The molecular formula is C17H22O2. The normalized spacial score (nSPS) is 12.1. The van der Waals surface area contributed by atoms with Crippen molar-refractivity contribution in [1.82, 2.24) is 0 Å². The minimum Gasteiger partial charge on any atom is -0.466 e. The maximum atomic E-state index is 11.5. The lowest BCUT2D eigenvalue weighted by Gasteiger charge is -2.17. The molecule has 0 unspecified atom stereocenters. The fraction of sp³-hybridized carbons (Fsp3) is 0.353. The summed E-state index contributed by atoms with van der Waals surface area (Å²) in [5.41, 5.74) is 2.73. The predicted molar refractivity (Wildman–Crippen MR) is 79.6 cm³/mol. The van der Waals surface area contributed by atoms with Crippen LogP contribution in [0.1, 0.15) is 32.8 Å². The average Bonchev–Trinajstić information content (AvgIpc) is 2.36. The molecule has 0 radical (unpaired) electrons. The molecule has 1 aromatic rings. The third-order valence-electron chi connectivity index (χ3n) is 2.63. The maximum Gasteiger partial charge on any atom is 0.333 e. The second-order valence-corrected chi connectivity index (χ2v) is 5.67. The fourth-order valence-electron chi connectivity index (χ4n) is 1.86. The molecule has 0 bridgehead atoms. The van der Waals surface area contributed by atoms with Gasteiger partial charge in [-0.25, -0.2) is 4.79 Å². The van der Waals surface area contributed by atoms with Crippen molar-refractivity contribution >= 4 is 11.5 Å². The van der Waals surface area contributed by atoms with Crippen molar-refractivity contribution in [2.45, 2.75) is 27.2 Å². The van der Waals surface area contributed by atoms with Crippen LogP contribution in [-0.4, -0.2) is 13.1 Å². The largest absolute Gasteiger partial charge is 0.466 e. The summed E-state index contributed by atoms with van der Waals surface area (Å²) in [5, 5.41) is 0. The average molecular weight is 258 g/mol. The number of rotatable bonds is 4. The van der Waals surface area contributed by atoms with Gasteiger partial charge in [0, 0.05) is 12.0 Å². The number of hydrogen-bond acceptors (Lipinski definition) is 2. The van der Waals surface area contributed by atoms with Crippen LogP contribution < -0.4 is 0 Å². The Bertz CT molecular complexity index is 476. The second kappa shape index (κ2) is 6.37. The van der Waals surface area contributed by atoms with E-state index in [0.717, 1.165) is 11.1 Å². The van der Waals surface area contributed by atoms with Gasteiger partial charge in [-0.3, -0.25) is 0 Å². The second-order valence-electron chi connectivity index (χ2n) is 5.67. The molecule has 2 nitrogen and oxygen atoms in total. The van der Waals surface area contributed by atoms with Crippen LogP contribution in [0.5, 0.6) is 0 Å². The van der Waals surface area contributed by atoms with Gasteiger partial charge in [-0.15, -0.1) is 0 Å². The van der Waals surface area contributed by atoms with Gasteiger partial charge in [0.15, 0.2) is 0 Å². The van der Waals surface area contributed by atoms with E-state index in [1.807, 2.05) is 30.3 Å². The van der Waals surface area contributed by atoms with Crippen molar-refractivity contribution in [2.75, 3.05) is 7.11 Å². The molecule has 19 heavy (non-hydrogen) atoms. The van der Waals surface area contributed by atoms with Gasteiger partial charge in [0.2, 0.25) is 0 Å². The Hall–Kier alpha value is -1.83. The number of benzene rings is 1. The molecule has 2 heteroatoms. The van der Waals surface area contributed by atoms with Crippen molar-refractivity contribution in [3.8, 4) is 0 Å². The van der Waals surface area contributed by atoms with E-state index < -0.39 is 0 Å². The van der Waals surface area contributed by atoms with Crippen LogP contribution >= 0.6 is 0 Å². The third kappa shape index (κ3) is 5.12. The molecule has 0 aromatic heterocycles. The Morgan fingerprint density at radius 3 is 2.32 bits per heavy atom. The Kier molecular flexibility index (Phi) is 5.11. The smallest absolute Gasteiger partial charge is 0.333 e. The maximum absolute atomic E-state index is 11.5. The van der Waals surface area contributed by atoms with E-state index in [1.165, 1.54) is 7.11 Å². The lowest BCUT2D eigenvalue weighted by atomic mass is 9.88. The number of carbonyl (C=O) groups excluding carboxylic acids is 1. The number of esters is 1. The summed E-state index contributed by atoms with van der Waals surface area (Å²) < 4.78 is 4.71. The van der Waals surface area contributed by atoms with Crippen molar-refractivity contribution in [1.29, 1.82) is 0 Å². The zero-order chi connectivity index (χ0) is 14.5. The molecule has 1 aromatic carbocycles. The quantitative estimate of drug-likeness (QED) is 0.596. The molecule has 0 aliphatic rings. The van der Waals surface area contributed by atoms with E-state index >= 15 is 0 Å². The van der Waals surface area contributed by atoms with E-state index in [-0.39, 0.29) is 11.4 Å². The minimum absolute atomic E-state index is 0.0432. The zero-order valence-corrected chi connectivity index (χ0v) is 12.2. The van der Waals surface area contributed by atoms with Gasteiger partial charge in [-0.05, 0) is 16.6 Å². The molecule has 1 rings (SSSR count). The number of carbonyl (C=O) groups is 1. The van der Waals surface area contributed by atoms with Crippen molar-refractivity contribution in [3.63, 3.8) is 0 Å². The van der Waals surface area contributed by atoms with Gasteiger partial charge in [-0.2, -0.15) is 0 Å². The number of methoxy groups -OCH3 is 1. The summed E-state index contributed by atoms with van der Waals surface area (Å²) in [6.45, 7) is 10.2. The van der Waals surface area contributed by atoms with E-state index in [4.69, 9.17) is 4.74 Å². The van der Waals surface area contributed by atoms with E-state index in [1.54, 1.807) is 0 Å². The summed E-state index contributed by atoms with van der Waals surface area (Å²) in [7, 11) is 1.38. The van der Waals surface area contributed by atoms with Gasteiger partial charge in [0.1, 0.15) is 0 Å². The number of ether oxygens (including phenoxy) is 1. The first-order valence-electron chi connectivity index (χ1n) is 6.37. The summed E-state index contributed by atoms with van der Waals surface area (Å²) in [6.07, 6.45) is 2.68. The first-order chi connectivity index (χ1) is 8.83. The molecule has 102 valence electrons. The monoisotopic (exact) mass is 258 g/mol. The highest BCUT2D eigenvalue weighted by Crippen LogP contribution is 2.28. The lowest BCUT2D eigenvalue weighted by Crippen LogP contribution is -2.06. The van der Waals surface area contributed by atoms with Crippen molar-refractivity contribution < 1.29 is 9.53 Å². The molecule has 0 saturated heterocycles. The van der Waals surface area contributed by atoms with Gasteiger partial charge in [-0.1, -0.05) is 63.8 Å². The molecule has 0 aliphatic carbocycles. The van der Waals surface area contributed by atoms with Gasteiger partial charge in [0.25, 0.3) is 0 Å². The van der Waals surface area contributed by atoms with Crippen LogP contribution in [0.2, 0.25) is 0 Å². The predicted octanol–water partition coefficient (Wildman–Crippen LogP) is 4.24. The van der Waals surface area contributed by atoms with E-state index in [0.29, 0.717) is 12.0 Å². The molecule has 0 spiro atoms. The van der Waals surface area contributed by atoms with Crippen LogP contribution in [0.25, 0.3) is 5.57 Å². The molecule has 0 atom stereocenters. The molecule has 0 saturated carbocycles. The highest BCUT2D eigenvalue weighted by molar-refractivity contribution is 5.90. The Morgan fingerprint density at radius 2 is 1.84 bits per heavy atom. The fourth-order valence-corrected chi connectivity index (χ4v) is 1.86. The van der Waals surface area contributed by atoms with Crippen LogP contribution in [0.3, 0.4) is 0 Å². The zero-order valence-electron chi connectivity index (χ0n) is 12.2. The summed E-state index contributed by atoms with van der Waals surface area (Å²) in [6, 6.07) is 10.1. The first kappa shape index (κ1) is 15.2. The molecule has 0 aliphatic heterocycles. The number of allylic oxidation sites excluding steroid dienone is 2. The first-order valence-corrected chi connectivity index (χ1v) is 6.37.